The van der Waals surface area contributed by atoms with Crippen molar-refractivity contribution >= 4 is 10.0 Å². The Balaban J connectivity index is 2.46. The predicted molar refractivity (Wildman–Crippen MR) is 63.9 cm³/mol. The van der Waals surface area contributed by atoms with Gasteiger partial charge in [-0.2, -0.15) is 4.31 Å². The standard InChI is InChI=1S/C9H14N4O4S/c1-2-13(6-3-10-4-6)18(16,17)7-5-11-9(15)12-8(7)14/h5-6,10H,2-4H2,1H3,(H2,11,12,14,15). The second-order valence-corrected chi connectivity index (χ2v) is 5.82. The minimum Gasteiger partial charge on any atom is -0.313 e. The molecule has 2 heterocycles. The third kappa shape index (κ3) is 2.11. The Kier molecular flexibility index (Phi) is 3.37. The monoisotopic (exact) mass is 274 g/mol. The van der Waals surface area contributed by atoms with E-state index in [-0.39, 0.29) is 12.6 Å². The number of likely N-dealkylation sites (N-methyl/N-ethyl adjacent to an activating group) is 1. The maximum Gasteiger partial charge on any atom is 0.325 e. The molecule has 3 N–H and O–H groups in total. The first-order valence-corrected chi connectivity index (χ1v) is 6.95. The Morgan fingerprint density at radius 1 is 1.39 bits per heavy atom. The van der Waals surface area contributed by atoms with Crippen LogP contribution in [0, 0.1) is 0 Å². The van der Waals surface area contributed by atoms with E-state index in [0.29, 0.717) is 13.1 Å². The fraction of sp³-hybridized carbons (Fsp3) is 0.556. The van der Waals surface area contributed by atoms with Crippen LogP contribution in [0.5, 0.6) is 0 Å². The molecule has 2 rings (SSSR count). The SMILES string of the molecule is CCN(C1CNC1)S(=O)(=O)c1c[nH]c(=O)[nH]c1=O. The van der Waals surface area contributed by atoms with Crippen LogP contribution in [-0.4, -0.2) is 48.4 Å². The number of hydrogen-bond acceptors (Lipinski definition) is 5. The maximum absolute atomic E-state index is 12.3. The van der Waals surface area contributed by atoms with Crippen molar-refractivity contribution in [2.75, 3.05) is 19.6 Å². The van der Waals surface area contributed by atoms with E-state index in [2.05, 4.69) is 10.3 Å². The zero-order valence-electron chi connectivity index (χ0n) is 9.76. The molecule has 0 atom stereocenters. The van der Waals surface area contributed by atoms with Gasteiger partial charge in [0.1, 0.15) is 0 Å². The van der Waals surface area contributed by atoms with Crippen LogP contribution in [0.4, 0.5) is 0 Å². The van der Waals surface area contributed by atoms with Crippen LogP contribution in [0.15, 0.2) is 20.7 Å². The van der Waals surface area contributed by atoms with E-state index >= 15 is 0 Å². The molecule has 0 saturated carbocycles. The van der Waals surface area contributed by atoms with E-state index in [1.54, 1.807) is 6.92 Å². The van der Waals surface area contributed by atoms with E-state index < -0.39 is 26.2 Å². The summed E-state index contributed by atoms with van der Waals surface area (Å²) in [5.74, 6) is 0. The molecule has 1 saturated heterocycles. The van der Waals surface area contributed by atoms with Crippen molar-refractivity contribution in [1.82, 2.24) is 19.6 Å². The molecule has 8 nitrogen and oxygen atoms in total. The lowest BCUT2D eigenvalue weighted by Gasteiger charge is -2.36. The molecule has 1 aromatic heterocycles. The third-order valence-corrected chi connectivity index (χ3v) is 4.88. The van der Waals surface area contributed by atoms with E-state index in [4.69, 9.17) is 0 Å². The third-order valence-electron chi connectivity index (χ3n) is 2.85. The van der Waals surface area contributed by atoms with Crippen molar-refractivity contribution in [3.05, 3.63) is 27.0 Å². The Bertz CT molecular complexity index is 643. The average Bonchev–Trinajstić information content (AvgIpc) is 2.22. The second-order valence-electron chi connectivity index (χ2n) is 3.96. The Morgan fingerprint density at radius 2 is 2.06 bits per heavy atom. The van der Waals surface area contributed by atoms with E-state index in [1.807, 2.05) is 4.98 Å². The van der Waals surface area contributed by atoms with E-state index in [0.717, 1.165) is 6.20 Å². The molecule has 0 spiro atoms. The van der Waals surface area contributed by atoms with Crippen LogP contribution in [0.1, 0.15) is 6.92 Å². The molecule has 1 aliphatic rings. The van der Waals surface area contributed by atoms with Gasteiger partial charge in [-0.25, -0.2) is 13.2 Å². The number of aromatic nitrogens is 2. The van der Waals surface area contributed by atoms with Gasteiger partial charge in [-0.3, -0.25) is 9.78 Å². The summed E-state index contributed by atoms with van der Waals surface area (Å²) in [4.78, 5) is 26.1. The van der Waals surface area contributed by atoms with Gasteiger partial charge in [-0.05, 0) is 0 Å². The zero-order valence-corrected chi connectivity index (χ0v) is 10.6. The highest BCUT2D eigenvalue weighted by atomic mass is 32.2. The van der Waals surface area contributed by atoms with Crippen LogP contribution in [0.3, 0.4) is 0 Å². The van der Waals surface area contributed by atoms with Crippen molar-refractivity contribution < 1.29 is 8.42 Å². The van der Waals surface area contributed by atoms with Gasteiger partial charge in [0.05, 0.1) is 6.04 Å². The topological polar surface area (TPSA) is 115 Å². The molecule has 0 radical (unpaired) electrons. The molecule has 0 aromatic carbocycles. The lowest BCUT2D eigenvalue weighted by molar-refractivity contribution is 0.249. The van der Waals surface area contributed by atoms with Crippen LogP contribution in [-0.2, 0) is 10.0 Å². The van der Waals surface area contributed by atoms with E-state index in [1.165, 1.54) is 4.31 Å². The number of nitrogens with zero attached hydrogens (tertiary/aromatic N) is 1. The summed E-state index contributed by atoms with van der Waals surface area (Å²) in [7, 11) is -3.88. The molecule has 0 aliphatic carbocycles. The van der Waals surface area contributed by atoms with Gasteiger partial charge >= 0.3 is 5.69 Å². The lowest BCUT2D eigenvalue weighted by Crippen LogP contribution is -2.59. The summed E-state index contributed by atoms with van der Waals surface area (Å²) in [5, 5.41) is 2.97. The molecule has 100 valence electrons. The Labute approximate surface area is 103 Å². The molecule has 18 heavy (non-hydrogen) atoms. The lowest BCUT2D eigenvalue weighted by atomic mass is 10.2. The number of H-pyrrole nitrogens is 2. The predicted octanol–water partition coefficient (Wildman–Crippen LogP) is -1.95. The highest BCUT2D eigenvalue weighted by molar-refractivity contribution is 7.89. The van der Waals surface area contributed by atoms with Crippen LogP contribution in [0.2, 0.25) is 0 Å². The summed E-state index contributed by atoms with van der Waals surface area (Å²) in [6, 6.07) is -0.147. The quantitative estimate of drug-likeness (QED) is 0.590. The minimum atomic E-state index is -3.88. The Hall–Kier alpha value is -1.45. The van der Waals surface area contributed by atoms with Crippen molar-refractivity contribution in [1.29, 1.82) is 0 Å². The van der Waals surface area contributed by atoms with Gasteiger partial charge in [0.2, 0.25) is 10.0 Å². The fourth-order valence-electron chi connectivity index (χ4n) is 1.82. The summed E-state index contributed by atoms with van der Waals surface area (Å²) in [5.41, 5.74) is -1.63. The molecule has 0 unspecified atom stereocenters. The zero-order chi connectivity index (χ0) is 13.3. The molecule has 0 bridgehead atoms. The average molecular weight is 274 g/mol. The first-order chi connectivity index (χ1) is 8.46. The fourth-order valence-corrected chi connectivity index (χ4v) is 3.44. The van der Waals surface area contributed by atoms with E-state index in [9.17, 15) is 18.0 Å². The van der Waals surface area contributed by atoms with Crippen molar-refractivity contribution in [3.63, 3.8) is 0 Å². The second kappa shape index (κ2) is 4.67. The first-order valence-electron chi connectivity index (χ1n) is 5.51. The molecule has 1 aromatic rings. The van der Waals surface area contributed by atoms with Crippen molar-refractivity contribution in [2.45, 2.75) is 17.9 Å². The molecule has 1 fully saturated rings. The van der Waals surface area contributed by atoms with Crippen molar-refractivity contribution in [2.24, 2.45) is 0 Å². The molecule has 0 amide bonds. The van der Waals surface area contributed by atoms with Gasteiger partial charge in [0.25, 0.3) is 5.56 Å². The highest BCUT2D eigenvalue weighted by Gasteiger charge is 2.35. The maximum atomic E-state index is 12.3. The summed E-state index contributed by atoms with van der Waals surface area (Å²) in [6.07, 6.45) is 0.936. The molecule has 1 aliphatic heterocycles. The van der Waals surface area contributed by atoms with Gasteiger partial charge < -0.3 is 10.3 Å². The number of sulfonamides is 1. The molecule has 9 heteroatoms. The Morgan fingerprint density at radius 3 is 2.50 bits per heavy atom. The number of hydrogen-bond donors (Lipinski definition) is 3. The smallest absolute Gasteiger partial charge is 0.313 e. The summed E-state index contributed by atoms with van der Waals surface area (Å²) >= 11 is 0. The van der Waals surface area contributed by atoms with Crippen LogP contribution in [0.25, 0.3) is 0 Å². The number of nitrogens with one attached hydrogen (secondary N) is 3. The van der Waals surface area contributed by atoms with Crippen LogP contribution < -0.4 is 16.6 Å². The summed E-state index contributed by atoms with van der Waals surface area (Å²) in [6.45, 7) is 3.10. The normalized spacial score (nSPS) is 16.8. The largest absolute Gasteiger partial charge is 0.325 e. The minimum absolute atomic E-state index is 0.147. The summed E-state index contributed by atoms with van der Waals surface area (Å²) < 4.78 is 25.8. The number of rotatable bonds is 4. The van der Waals surface area contributed by atoms with Gasteiger partial charge in [-0.1, -0.05) is 6.92 Å². The molecular weight excluding hydrogens is 260 g/mol. The van der Waals surface area contributed by atoms with Gasteiger partial charge in [0, 0.05) is 25.8 Å². The van der Waals surface area contributed by atoms with Gasteiger partial charge in [0.15, 0.2) is 4.90 Å². The van der Waals surface area contributed by atoms with Crippen molar-refractivity contribution in [3.8, 4) is 0 Å². The van der Waals surface area contributed by atoms with Crippen LogP contribution >= 0.6 is 0 Å². The molecular formula is C9H14N4O4S. The number of aromatic amines is 2. The van der Waals surface area contributed by atoms with Gasteiger partial charge in [-0.15, -0.1) is 0 Å². The highest BCUT2D eigenvalue weighted by Crippen LogP contribution is 2.15. The first kappa shape index (κ1) is 13.0.